The summed E-state index contributed by atoms with van der Waals surface area (Å²) in [5.41, 5.74) is -4.52. The number of carbonyl (C=O) groups is 3. The number of benzene rings is 2. The van der Waals surface area contributed by atoms with Gasteiger partial charge >= 0.3 is 17.9 Å². The van der Waals surface area contributed by atoms with Crippen LogP contribution in [0.15, 0.2) is 48.6 Å². The van der Waals surface area contributed by atoms with Crippen LogP contribution >= 0.6 is 0 Å². The maximum atomic E-state index is 15.5. The maximum Gasteiger partial charge on any atom is 0.344 e. The molecule has 61 heavy (non-hydrogen) atoms. The summed E-state index contributed by atoms with van der Waals surface area (Å²) in [6, 6.07) is 10.1. The van der Waals surface area contributed by atoms with E-state index in [2.05, 4.69) is 9.88 Å². The molecule has 3 fully saturated rings. The molecule has 3 N–H and O–H groups in total. The molecule has 328 valence electrons. The summed E-state index contributed by atoms with van der Waals surface area (Å²) in [4.78, 5) is 52.4. The number of aromatic amines is 1. The summed E-state index contributed by atoms with van der Waals surface area (Å²) in [5.74, 6) is -5.97. The lowest BCUT2D eigenvalue weighted by Gasteiger charge is -2.63. The molecule has 0 amide bonds. The van der Waals surface area contributed by atoms with Crippen LogP contribution in [0.4, 0.5) is 14.5 Å². The van der Waals surface area contributed by atoms with Crippen molar-refractivity contribution in [3.63, 3.8) is 0 Å². The van der Waals surface area contributed by atoms with Gasteiger partial charge < -0.3 is 39.0 Å². The van der Waals surface area contributed by atoms with Gasteiger partial charge in [-0.1, -0.05) is 37.3 Å². The van der Waals surface area contributed by atoms with Gasteiger partial charge in [-0.25, -0.2) is 13.6 Å². The molecule has 1 aromatic heterocycles. The molecule has 3 aromatic rings. The maximum absolute atomic E-state index is 15.5. The number of alkyl halides is 2. The van der Waals surface area contributed by atoms with Gasteiger partial charge in [0, 0.05) is 97.9 Å². The minimum Gasteiger partial charge on any atom is -0.496 e. The quantitative estimate of drug-likeness (QED) is 0.177. The summed E-state index contributed by atoms with van der Waals surface area (Å²) in [7, 11) is 5.82. The van der Waals surface area contributed by atoms with Crippen LogP contribution < -0.4 is 9.64 Å². The zero-order chi connectivity index (χ0) is 43.7. The number of hydrogen-bond donors (Lipinski definition) is 3. The number of nitrogens with one attached hydrogen (secondary N) is 1. The third-order valence-corrected chi connectivity index (χ3v) is 15.7. The first-order valence-corrected chi connectivity index (χ1v) is 21.3. The number of likely N-dealkylation sites (N-methyl/N-ethyl adjacent to an activating group) is 1. The molecule has 10 atom stereocenters. The van der Waals surface area contributed by atoms with Gasteiger partial charge in [0.2, 0.25) is 5.60 Å². The summed E-state index contributed by atoms with van der Waals surface area (Å²) in [6.45, 7) is 5.63. The fraction of sp³-hybridized carbons (Fsp3) is 0.587. The Labute approximate surface area is 353 Å². The summed E-state index contributed by atoms with van der Waals surface area (Å²) >= 11 is 0. The van der Waals surface area contributed by atoms with Crippen molar-refractivity contribution in [3.8, 4) is 5.75 Å². The monoisotopic (exact) mass is 846 g/mol. The Morgan fingerprint density at radius 1 is 1.00 bits per heavy atom. The highest BCUT2D eigenvalue weighted by Crippen LogP contribution is 2.68. The molecule has 5 aliphatic heterocycles. The second-order valence-electron chi connectivity index (χ2n) is 18.5. The van der Waals surface area contributed by atoms with Gasteiger partial charge in [-0.05, 0) is 67.8 Å². The fourth-order valence-corrected chi connectivity index (χ4v) is 13.5. The van der Waals surface area contributed by atoms with Gasteiger partial charge in [0.15, 0.2) is 6.10 Å². The van der Waals surface area contributed by atoms with Crippen molar-refractivity contribution < 1.29 is 52.3 Å². The number of piperidine rings is 1. The second-order valence-corrected chi connectivity index (χ2v) is 18.5. The second kappa shape index (κ2) is 14.0. The largest absolute Gasteiger partial charge is 0.496 e. The molecule has 2 bridgehead atoms. The Morgan fingerprint density at radius 2 is 1.74 bits per heavy atom. The average Bonchev–Trinajstić information content (AvgIpc) is 3.89. The Hall–Kier alpha value is -4.57. The van der Waals surface area contributed by atoms with Crippen LogP contribution in [0.5, 0.6) is 5.75 Å². The third kappa shape index (κ3) is 5.38. The van der Waals surface area contributed by atoms with E-state index < -0.39 is 75.4 Å². The molecule has 13 nitrogen and oxygen atoms in total. The minimum atomic E-state index is -3.44. The van der Waals surface area contributed by atoms with Crippen molar-refractivity contribution in [1.82, 2.24) is 14.8 Å². The zero-order valence-corrected chi connectivity index (χ0v) is 35.8. The number of ether oxygens (including phenoxy) is 4. The highest BCUT2D eigenvalue weighted by molar-refractivity contribution is 5.95. The molecule has 2 saturated heterocycles. The standard InChI is InChI=1S/C46H56F2N4O9/c1-8-42-15-11-17-52-19-16-44(36(42)52)30-20-31(34(58-5)21-33(30)50(4)37(44)46(57,40(55)60-7)38(42)61-26(2)53)45(39(54)59-6)23-27-22-43(56,41(3,47)48)25-51(24-27)18-14-29-28-12-9-10-13-32(28)49-35(29)45/h9-13,15,20-21,27,36-38,49,56-57H,8,14,16-19,22-25H2,1-7H3/t27?,36-,37+,38+,42+,43?,44+,45-,46?/m0/s1. The van der Waals surface area contributed by atoms with E-state index in [1.165, 1.54) is 28.3 Å². The normalized spacial score (nSPS) is 36.4. The lowest BCUT2D eigenvalue weighted by molar-refractivity contribution is -0.228. The predicted octanol–water partition coefficient (Wildman–Crippen LogP) is 4.24. The van der Waals surface area contributed by atoms with Gasteiger partial charge in [-0.3, -0.25) is 19.4 Å². The molecule has 4 unspecified atom stereocenters. The van der Waals surface area contributed by atoms with Crippen LogP contribution in [0.3, 0.4) is 0 Å². The van der Waals surface area contributed by atoms with Crippen molar-refractivity contribution in [3.05, 3.63) is 70.9 Å². The van der Waals surface area contributed by atoms with Crippen LogP contribution in [-0.2, 0) is 45.8 Å². The molecule has 6 aliphatic rings. The molecule has 9 rings (SSSR count). The SMILES string of the molecule is CC[C@]12C=CCN3CC[C@@]4(c5cc([C@@]6(C(=O)OC)CC7CN(CCc8c6[nH]c6ccccc86)CC(O)(C(C)(F)F)C7)c(OC)cc5N(C)[C@H]4C(O)(C(=O)OC)[C@@H]1OC(C)=O)[C@@H]32. The molecule has 15 heteroatoms. The Morgan fingerprint density at radius 3 is 2.41 bits per heavy atom. The van der Waals surface area contributed by atoms with Crippen molar-refractivity contribution >= 4 is 34.5 Å². The van der Waals surface area contributed by atoms with E-state index in [0.717, 1.165) is 29.0 Å². The number of hydrogen-bond acceptors (Lipinski definition) is 12. The topological polar surface area (TPSA) is 154 Å². The van der Waals surface area contributed by atoms with E-state index in [-0.39, 0.29) is 19.4 Å². The number of anilines is 1. The van der Waals surface area contributed by atoms with Gasteiger partial charge in [0.25, 0.3) is 5.92 Å². The molecule has 6 heterocycles. The van der Waals surface area contributed by atoms with Crippen molar-refractivity contribution in [2.45, 2.75) is 99.0 Å². The van der Waals surface area contributed by atoms with E-state index in [0.29, 0.717) is 68.1 Å². The third-order valence-electron chi connectivity index (χ3n) is 15.7. The van der Waals surface area contributed by atoms with E-state index in [4.69, 9.17) is 18.9 Å². The first kappa shape index (κ1) is 41.8. The number of carbonyl (C=O) groups excluding carboxylic acids is 3. The van der Waals surface area contributed by atoms with Crippen LogP contribution in [0, 0.1) is 11.3 Å². The number of halogens is 2. The lowest BCUT2D eigenvalue weighted by Crippen LogP contribution is -2.81. The number of methoxy groups -OCH3 is 3. The van der Waals surface area contributed by atoms with Gasteiger partial charge in [-0.2, -0.15) is 0 Å². The Kier molecular flexibility index (Phi) is 9.56. The summed E-state index contributed by atoms with van der Waals surface area (Å²) in [5, 5.41) is 25.9. The summed E-state index contributed by atoms with van der Waals surface area (Å²) in [6.07, 6.45) is 3.63. The average molecular weight is 847 g/mol. The van der Waals surface area contributed by atoms with Crippen molar-refractivity contribution in [1.29, 1.82) is 0 Å². The number of para-hydroxylation sites is 1. The molecule has 1 saturated carbocycles. The fourth-order valence-electron chi connectivity index (χ4n) is 13.5. The number of H-pyrrole nitrogens is 1. The molecule has 2 aromatic carbocycles. The van der Waals surface area contributed by atoms with E-state index in [1.807, 2.05) is 65.3 Å². The number of aromatic nitrogens is 1. The summed E-state index contributed by atoms with van der Waals surface area (Å²) < 4.78 is 54.6. The van der Waals surface area contributed by atoms with Crippen LogP contribution in [-0.4, -0.2) is 139 Å². The molecule has 1 spiro atoms. The number of rotatable bonds is 7. The molecular formula is C46H56F2N4O9. The van der Waals surface area contributed by atoms with Gasteiger partial charge in [-0.15, -0.1) is 0 Å². The van der Waals surface area contributed by atoms with Crippen LogP contribution in [0.25, 0.3) is 10.9 Å². The van der Waals surface area contributed by atoms with Crippen LogP contribution in [0.2, 0.25) is 0 Å². The smallest absolute Gasteiger partial charge is 0.344 e. The van der Waals surface area contributed by atoms with Crippen LogP contribution in [0.1, 0.15) is 68.8 Å². The molecule has 0 radical (unpaired) electrons. The number of fused-ring (bicyclic) bond motifs is 6. The number of esters is 3. The van der Waals surface area contributed by atoms with Gasteiger partial charge in [0.05, 0.1) is 27.4 Å². The Bertz CT molecular complexity index is 2350. The Balaban J connectivity index is 1.36. The lowest BCUT2D eigenvalue weighted by atomic mass is 9.47. The number of aliphatic hydroxyl groups is 2. The highest BCUT2D eigenvalue weighted by atomic mass is 19.3. The van der Waals surface area contributed by atoms with E-state index in [1.54, 1.807) is 7.05 Å². The first-order chi connectivity index (χ1) is 28.9. The molecule has 1 aliphatic carbocycles. The number of nitrogens with zero attached hydrogens (tertiary/aromatic N) is 3. The van der Waals surface area contributed by atoms with Crippen molar-refractivity contribution in [2.75, 3.05) is 66.0 Å². The van der Waals surface area contributed by atoms with Crippen molar-refractivity contribution in [2.24, 2.45) is 11.3 Å². The first-order valence-electron chi connectivity index (χ1n) is 21.3. The molecular weight excluding hydrogens is 791 g/mol. The van der Waals surface area contributed by atoms with E-state index >= 15 is 13.6 Å². The highest BCUT2D eigenvalue weighted by Gasteiger charge is 2.80. The van der Waals surface area contributed by atoms with Gasteiger partial charge in [0.1, 0.15) is 16.8 Å². The minimum absolute atomic E-state index is 0.0202. The predicted molar refractivity (Wildman–Crippen MR) is 221 cm³/mol. The van der Waals surface area contributed by atoms with E-state index in [9.17, 15) is 19.8 Å². The zero-order valence-electron chi connectivity index (χ0n) is 35.8.